The fourth-order valence-electron chi connectivity index (χ4n) is 3.42. The maximum Gasteiger partial charge on any atom is 0.407 e. The molecule has 0 unspecified atom stereocenters. The molecule has 0 saturated carbocycles. The molecule has 1 aliphatic rings. The molecule has 3 rings (SSSR count). The molecule has 1 amide bonds. The van der Waals surface area contributed by atoms with Gasteiger partial charge in [-0.25, -0.2) is 4.79 Å². The number of alkyl carbamates (subject to hydrolysis) is 1. The predicted molar refractivity (Wildman–Crippen MR) is 111 cm³/mol. The van der Waals surface area contributed by atoms with Crippen molar-refractivity contribution in [1.82, 2.24) is 14.9 Å². The number of nitrogens with one attached hydrogen (secondary N) is 1. The summed E-state index contributed by atoms with van der Waals surface area (Å²) in [4.78, 5) is 28.6. The van der Waals surface area contributed by atoms with Crippen LogP contribution in [-0.4, -0.2) is 58.3 Å². The van der Waals surface area contributed by atoms with Gasteiger partial charge in [0.2, 0.25) is 0 Å². The first-order chi connectivity index (χ1) is 14.2. The summed E-state index contributed by atoms with van der Waals surface area (Å²) in [7, 11) is 1.53. The standard InChI is InChI=1S/C21H29N3O6/c1-21(2,3)30-20(27)23-13-5-7-18(29-12-13)17(25)11-24-16-9-14(28-4)10-22-15(16)6-8-19(24)26/h6,8-10,13,17-18,25H,5,7,11-12H2,1-4H3,(H,23,27)/t13-,17+,18+/m1/s1. The van der Waals surface area contributed by atoms with Crippen molar-refractivity contribution in [3.8, 4) is 5.75 Å². The molecule has 2 aromatic heterocycles. The van der Waals surface area contributed by atoms with Gasteiger partial charge in [-0.2, -0.15) is 0 Å². The third-order valence-electron chi connectivity index (χ3n) is 4.88. The molecule has 3 atom stereocenters. The number of pyridine rings is 2. The van der Waals surface area contributed by atoms with Gasteiger partial charge in [-0.3, -0.25) is 9.78 Å². The molecule has 2 N–H and O–H groups in total. The fraction of sp³-hybridized carbons (Fsp3) is 0.571. The second-order valence-electron chi connectivity index (χ2n) is 8.42. The van der Waals surface area contributed by atoms with Crippen molar-refractivity contribution in [2.75, 3.05) is 13.7 Å². The van der Waals surface area contributed by atoms with E-state index in [2.05, 4.69) is 10.3 Å². The van der Waals surface area contributed by atoms with Crippen molar-refractivity contribution >= 4 is 17.1 Å². The number of amides is 1. The lowest BCUT2D eigenvalue weighted by Crippen LogP contribution is -2.47. The van der Waals surface area contributed by atoms with Crippen molar-refractivity contribution in [2.24, 2.45) is 0 Å². The summed E-state index contributed by atoms with van der Waals surface area (Å²) in [6, 6.07) is 4.61. The summed E-state index contributed by atoms with van der Waals surface area (Å²) < 4.78 is 17.7. The quantitative estimate of drug-likeness (QED) is 0.760. The molecule has 0 aliphatic carbocycles. The Morgan fingerprint density at radius 1 is 1.40 bits per heavy atom. The molecule has 0 aromatic carbocycles. The normalized spacial score (nSPS) is 20.6. The van der Waals surface area contributed by atoms with Gasteiger partial charge in [-0.05, 0) is 39.7 Å². The van der Waals surface area contributed by atoms with Gasteiger partial charge in [0, 0.05) is 12.1 Å². The number of aliphatic hydroxyl groups is 1. The van der Waals surface area contributed by atoms with E-state index in [0.717, 1.165) is 0 Å². The number of nitrogens with zero attached hydrogens (tertiary/aromatic N) is 2. The van der Waals surface area contributed by atoms with Gasteiger partial charge < -0.3 is 29.2 Å². The van der Waals surface area contributed by atoms with E-state index in [1.165, 1.54) is 17.7 Å². The predicted octanol–water partition coefficient (Wildman–Crippen LogP) is 1.84. The van der Waals surface area contributed by atoms with E-state index >= 15 is 0 Å². The van der Waals surface area contributed by atoms with Crippen molar-refractivity contribution in [3.63, 3.8) is 0 Å². The zero-order valence-corrected chi connectivity index (χ0v) is 17.8. The molecule has 30 heavy (non-hydrogen) atoms. The molecule has 1 aliphatic heterocycles. The fourth-order valence-corrected chi connectivity index (χ4v) is 3.42. The molecule has 164 valence electrons. The van der Waals surface area contributed by atoms with E-state index in [0.29, 0.717) is 29.6 Å². The van der Waals surface area contributed by atoms with E-state index in [1.807, 2.05) is 0 Å². The topological polar surface area (TPSA) is 112 Å². The Balaban J connectivity index is 1.63. The number of hydrogen-bond donors (Lipinski definition) is 2. The van der Waals surface area contributed by atoms with E-state index in [-0.39, 0.29) is 24.8 Å². The molecule has 0 spiro atoms. The summed E-state index contributed by atoms with van der Waals surface area (Å²) >= 11 is 0. The number of carbonyl (C=O) groups is 1. The molecular formula is C21H29N3O6. The Morgan fingerprint density at radius 3 is 2.80 bits per heavy atom. The summed E-state index contributed by atoms with van der Waals surface area (Å²) in [6.45, 7) is 5.74. The van der Waals surface area contributed by atoms with Crippen molar-refractivity contribution in [1.29, 1.82) is 0 Å². The van der Waals surface area contributed by atoms with Gasteiger partial charge in [0.1, 0.15) is 11.4 Å². The van der Waals surface area contributed by atoms with Gasteiger partial charge in [-0.1, -0.05) is 0 Å². The molecule has 3 heterocycles. The molecule has 9 nitrogen and oxygen atoms in total. The Labute approximate surface area is 175 Å². The van der Waals surface area contributed by atoms with Gasteiger partial charge in [0.15, 0.2) is 0 Å². The summed E-state index contributed by atoms with van der Waals surface area (Å²) in [6.07, 6.45) is 0.947. The molecule has 1 fully saturated rings. The summed E-state index contributed by atoms with van der Waals surface area (Å²) in [5.74, 6) is 0.529. The number of rotatable bonds is 5. The Morgan fingerprint density at radius 2 is 2.17 bits per heavy atom. The third kappa shape index (κ3) is 5.48. The lowest BCUT2D eigenvalue weighted by molar-refractivity contribution is -0.0771. The van der Waals surface area contributed by atoms with E-state index < -0.39 is 23.9 Å². The number of hydrogen-bond acceptors (Lipinski definition) is 7. The molecule has 2 aromatic rings. The first-order valence-corrected chi connectivity index (χ1v) is 9.99. The highest BCUT2D eigenvalue weighted by Gasteiger charge is 2.29. The maximum atomic E-state index is 12.4. The summed E-state index contributed by atoms with van der Waals surface area (Å²) in [5.41, 5.74) is 0.411. The van der Waals surface area contributed by atoms with Crippen LogP contribution in [0.4, 0.5) is 4.79 Å². The average molecular weight is 419 g/mol. The van der Waals surface area contributed by atoms with Crippen LogP contribution in [0.2, 0.25) is 0 Å². The van der Waals surface area contributed by atoms with E-state index in [4.69, 9.17) is 14.2 Å². The highest BCUT2D eigenvalue weighted by Crippen LogP contribution is 2.21. The zero-order chi connectivity index (χ0) is 21.9. The van der Waals surface area contributed by atoms with Crippen molar-refractivity contribution < 1.29 is 24.1 Å². The number of methoxy groups -OCH3 is 1. The zero-order valence-electron chi connectivity index (χ0n) is 17.8. The van der Waals surface area contributed by atoms with Gasteiger partial charge in [-0.15, -0.1) is 0 Å². The molecular weight excluding hydrogens is 390 g/mol. The van der Waals surface area contributed by atoms with Crippen LogP contribution in [0, 0.1) is 0 Å². The Hall–Kier alpha value is -2.65. The van der Waals surface area contributed by atoms with Gasteiger partial charge in [0.25, 0.3) is 5.56 Å². The minimum Gasteiger partial charge on any atom is -0.495 e. The van der Waals surface area contributed by atoms with Crippen LogP contribution < -0.4 is 15.6 Å². The second kappa shape index (κ2) is 9.01. The molecule has 9 heteroatoms. The maximum absolute atomic E-state index is 12.4. The van der Waals surface area contributed by atoms with Crippen molar-refractivity contribution in [2.45, 2.75) is 64.0 Å². The summed E-state index contributed by atoms with van der Waals surface area (Å²) in [5, 5.41) is 13.5. The number of carbonyl (C=O) groups excluding carboxylic acids is 1. The van der Waals surface area contributed by atoms with Crippen molar-refractivity contribution in [3.05, 3.63) is 34.7 Å². The van der Waals surface area contributed by atoms with Crippen LogP contribution in [0.25, 0.3) is 11.0 Å². The molecule has 1 saturated heterocycles. The van der Waals surface area contributed by atoms with Crippen LogP contribution in [-0.2, 0) is 16.0 Å². The molecule has 0 radical (unpaired) electrons. The number of aliphatic hydroxyl groups excluding tert-OH is 1. The van der Waals surface area contributed by atoms with E-state index in [9.17, 15) is 14.7 Å². The first kappa shape index (κ1) is 22.0. The SMILES string of the molecule is COc1cnc2ccc(=O)n(C[C@H](O)[C@@H]3CC[C@@H](NC(=O)OC(C)(C)C)CO3)c2c1. The van der Waals surface area contributed by atoms with Crippen LogP contribution >= 0.6 is 0 Å². The number of fused-ring (bicyclic) bond motifs is 1. The number of ether oxygens (including phenoxy) is 3. The second-order valence-corrected chi connectivity index (χ2v) is 8.42. The lowest BCUT2D eigenvalue weighted by atomic mass is 10.0. The third-order valence-corrected chi connectivity index (χ3v) is 4.88. The Bertz CT molecular complexity index is 944. The van der Waals surface area contributed by atoms with Crippen LogP contribution in [0.15, 0.2) is 29.2 Å². The first-order valence-electron chi connectivity index (χ1n) is 9.99. The number of aromatic nitrogens is 2. The average Bonchev–Trinajstić information content (AvgIpc) is 2.68. The smallest absolute Gasteiger partial charge is 0.407 e. The van der Waals surface area contributed by atoms with Gasteiger partial charge in [0.05, 0.1) is 55.7 Å². The van der Waals surface area contributed by atoms with Crippen LogP contribution in [0.1, 0.15) is 33.6 Å². The van der Waals surface area contributed by atoms with Crippen LogP contribution in [0.5, 0.6) is 5.75 Å². The lowest BCUT2D eigenvalue weighted by Gasteiger charge is -2.33. The minimum absolute atomic E-state index is 0.0693. The Kier molecular flexibility index (Phi) is 6.62. The largest absolute Gasteiger partial charge is 0.495 e. The van der Waals surface area contributed by atoms with E-state index in [1.54, 1.807) is 39.1 Å². The molecule has 0 bridgehead atoms. The highest BCUT2D eigenvalue weighted by atomic mass is 16.6. The monoisotopic (exact) mass is 419 g/mol. The van der Waals surface area contributed by atoms with Gasteiger partial charge >= 0.3 is 6.09 Å². The minimum atomic E-state index is -0.887. The van der Waals surface area contributed by atoms with Crippen LogP contribution in [0.3, 0.4) is 0 Å². The highest BCUT2D eigenvalue weighted by molar-refractivity contribution is 5.75.